The second kappa shape index (κ2) is 8.71. The van der Waals surface area contributed by atoms with Crippen molar-refractivity contribution in [1.82, 2.24) is 20.4 Å². The number of ether oxygens (including phenoxy) is 1. The van der Waals surface area contributed by atoms with E-state index in [4.69, 9.17) is 4.74 Å². The molecule has 2 N–H and O–H groups in total. The first-order valence-electron chi connectivity index (χ1n) is 9.56. The third-order valence-corrected chi connectivity index (χ3v) is 5.30. The van der Waals surface area contributed by atoms with Crippen LogP contribution in [-0.2, 0) is 16.1 Å². The molecule has 0 bridgehead atoms. The van der Waals surface area contributed by atoms with Gasteiger partial charge in [0.15, 0.2) is 0 Å². The molecule has 3 rings (SSSR count). The number of benzene rings is 1. The summed E-state index contributed by atoms with van der Waals surface area (Å²) in [4.78, 5) is 28.0. The highest BCUT2D eigenvalue weighted by atomic mass is 16.5. The smallest absolute Gasteiger partial charge is 0.315 e. The second-order valence-corrected chi connectivity index (χ2v) is 7.80. The topological polar surface area (TPSA) is 73.9 Å². The molecule has 0 spiro atoms. The maximum Gasteiger partial charge on any atom is 0.315 e. The zero-order valence-corrected chi connectivity index (χ0v) is 16.4. The number of hydrogen-bond acceptors (Lipinski definition) is 4. The molecular weight excluding hydrogens is 344 g/mol. The Hall–Kier alpha value is -2.12. The molecule has 2 saturated heterocycles. The molecule has 0 radical (unpaired) electrons. The van der Waals surface area contributed by atoms with Gasteiger partial charge in [-0.05, 0) is 18.9 Å². The number of rotatable bonds is 5. The summed E-state index contributed by atoms with van der Waals surface area (Å²) in [6.07, 6.45) is 1.22. The summed E-state index contributed by atoms with van der Waals surface area (Å²) in [5.74, 6) is 0.0859. The van der Waals surface area contributed by atoms with E-state index in [2.05, 4.69) is 15.5 Å². The molecule has 0 aliphatic carbocycles. The largest absolute Gasteiger partial charge is 0.375 e. The van der Waals surface area contributed by atoms with Crippen LogP contribution in [0.2, 0.25) is 0 Å². The van der Waals surface area contributed by atoms with Gasteiger partial charge in [0.25, 0.3) is 0 Å². The van der Waals surface area contributed by atoms with E-state index in [9.17, 15) is 9.59 Å². The van der Waals surface area contributed by atoms with Crippen LogP contribution in [-0.4, -0.2) is 73.7 Å². The lowest BCUT2D eigenvalue weighted by atomic mass is 10.1. The molecule has 0 saturated carbocycles. The molecule has 7 nitrogen and oxygen atoms in total. The Balaban J connectivity index is 1.42. The quantitative estimate of drug-likeness (QED) is 0.810. The van der Waals surface area contributed by atoms with Gasteiger partial charge in [-0.15, -0.1) is 0 Å². The molecule has 0 aromatic heterocycles. The van der Waals surface area contributed by atoms with Gasteiger partial charge in [-0.3, -0.25) is 9.69 Å². The lowest BCUT2D eigenvalue weighted by Crippen LogP contribution is -2.48. The Labute approximate surface area is 161 Å². The predicted molar refractivity (Wildman–Crippen MR) is 103 cm³/mol. The van der Waals surface area contributed by atoms with Gasteiger partial charge in [0.05, 0.1) is 19.1 Å². The average Bonchev–Trinajstić information content (AvgIpc) is 3.02. The van der Waals surface area contributed by atoms with Crippen molar-refractivity contribution in [2.45, 2.75) is 44.5 Å². The molecule has 1 aromatic carbocycles. The standard InChI is InChI=1S/C20H30N4O3/c1-14-4-6-15(7-5-14)10-21-20(26)22-16-8-17-13-27-18(12-24(17)11-16)9-19(25)23(2)3/h4-7,16-18H,8-13H2,1-3H3,(H2,21,22,26)/t16-,17-,18-/m0/s1. The summed E-state index contributed by atoms with van der Waals surface area (Å²) in [5, 5.41) is 5.99. The summed E-state index contributed by atoms with van der Waals surface area (Å²) < 4.78 is 5.86. The van der Waals surface area contributed by atoms with Crippen LogP contribution in [0.3, 0.4) is 0 Å². The van der Waals surface area contributed by atoms with Crippen molar-refractivity contribution in [2.75, 3.05) is 33.8 Å². The summed E-state index contributed by atoms with van der Waals surface area (Å²) in [7, 11) is 3.53. The minimum atomic E-state index is -0.138. The van der Waals surface area contributed by atoms with E-state index in [1.807, 2.05) is 31.2 Å². The van der Waals surface area contributed by atoms with E-state index in [1.165, 1.54) is 5.56 Å². The van der Waals surface area contributed by atoms with Crippen LogP contribution in [0.25, 0.3) is 0 Å². The van der Waals surface area contributed by atoms with E-state index >= 15 is 0 Å². The Bertz CT molecular complexity index is 662. The van der Waals surface area contributed by atoms with Crippen molar-refractivity contribution in [2.24, 2.45) is 0 Å². The molecule has 148 valence electrons. The minimum absolute atomic E-state index is 0.0646. The molecule has 2 fully saturated rings. The average molecular weight is 374 g/mol. The molecule has 2 aliphatic heterocycles. The molecule has 3 atom stereocenters. The van der Waals surface area contributed by atoms with Gasteiger partial charge in [0.2, 0.25) is 5.91 Å². The number of amides is 3. The fraction of sp³-hybridized carbons (Fsp3) is 0.600. The summed E-state index contributed by atoms with van der Waals surface area (Å²) in [5.41, 5.74) is 2.29. The monoisotopic (exact) mass is 374 g/mol. The Morgan fingerprint density at radius 2 is 1.96 bits per heavy atom. The van der Waals surface area contributed by atoms with Crippen molar-refractivity contribution in [3.05, 3.63) is 35.4 Å². The number of nitrogens with one attached hydrogen (secondary N) is 2. The van der Waals surface area contributed by atoms with Gasteiger partial charge in [-0.25, -0.2) is 4.79 Å². The van der Waals surface area contributed by atoms with Gasteiger partial charge in [0.1, 0.15) is 0 Å². The van der Waals surface area contributed by atoms with Crippen LogP contribution < -0.4 is 10.6 Å². The van der Waals surface area contributed by atoms with Gasteiger partial charge < -0.3 is 20.3 Å². The van der Waals surface area contributed by atoms with Crippen LogP contribution in [0.5, 0.6) is 0 Å². The van der Waals surface area contributed by atoms with Gasteiger partial charge in [-0.1, -0.05) is 29.8 Å². The number of hydrogen-bond donors (Lipinski definition) is 2. The third kappa shape index (κ3) is 5.43. The van der Waals surface area contributed by atoms with Crippen LogP contribution in [0.15, 0.2) is 24.3 Å². The molecule has 3 amide bonds. The fourth-order valence-electron chi connectivity index (χ4n) is 3.67. The summed E-state index contributed by atoms with van der Waals surface area (Å²) in [6, 6.07) is 8.43. The lowest BCUT2D eigenvalue weighted by Gasteiger charge is -2.35. The first-order valence-corrected chi connectivity index (χ1v) is 9.56. The predicted octanol–water partition coefficient (Wildman–Crippen LogP) is 1.11. The summed E-state index contributed by atoms with van der Waals surface area (Å²) in [6.45, 7) is 4.73. The Kier molecular flexibility index (Phi) is 6.34. The first kappa shape index (κ1) is 19.6. The van der Waals surface area contributed by atoms with Gasteiger partial charge in [0, 0.05) is 45.8 Å². The zero-order chi connectivity index (χ0) is 19.4. The number of carbonyl (C=O) groups excluding carboxylic acids is 2. The molecule has 2 heterocycles. The van der Waals surface area contributed by atoms with Crippen molar-refractivity contribution in [3.63, 3.8) is 0 Å². The Morgan fingerprint density at radius 1 is 1.22 bits per heavy atom. The van der Waals surface area contributed by atoms with Crippen molar-refractivity contribution in [1.29, 1.82) is 0 Å². The molecule has 0 unspecified atom stereocenters. The van der Waals surface area contributed by atoms with Crippen molar-refractivity contribution < 1.29 is 14.3 Å². The van der Waals surface area contributed by atoms with Crippen LogP contribution in [0, 0.1) is 6.92 Å². The fourth-order valence-corrected chi connectivity index (χ4v) is 3.67. The van der Waals surface area contributed by atoms with E-state index in [0.717, 1.165) is 25.1 Å². The molecule has 2 aliphatic rings. The highest BCUT2D eigenvalue weighted by Crippen LogP contribution is 2.24. The molecule has 7 heteroatoms. The van der Waals surface area contributed by atoms with Crippen LogP contribution >= 0.6 is 0 Å². The second-order valence-electron chi connectivity index (χ2n) is 7.80. The van der Waals surface area contributed by atoms with Gasteiger partial charge >= 0.3 is 6.03 Å². The first-order chi connectivity index (χ1) is 12.9. The number of fused-ring (bicyclic) bond motifs is 1. The highest BCUT2D eigenvalue weighted by molar-refractivity contribution is 5.76. The van der Waals surface area contributed by atoms with E-state index < -0.39 is 0 Å². The number of urea groups is 1. The van der Waals surface area contributed by atoms with E-state index in [1.54, 1.807) is 19.0 Å². The molecule has 27 heavy (non-hydrogen) atoms. The highest BCUT2D eigenvalue weighted by Gasteiger charge is 2.38. The number of morpholine rings is 1. The number of carbonyl (C=O) groups is 2. The van der Waals surface area contributed by atoms with Crippen molar-refractivity contribution >= 4 is 11.9 Å². The van der Waals surface area contributed by atoms with Crippen molar-refractivity contribution in [3.8, 4) is 0 Å². The zero-order valence-electron chi connectivity index (χ0n) is 16.4. The number of nitrogens with zero attached hydrogens (tertiary/aromatic N) is 2. The normalized spacial score (nSPS) is 24.9. The Morgan fingerprint density at radius 3 is 2.67 bits per heavy atom. The SMILES string of the molecule is Cc1ccc(CNC(=O)N[C@H]2C[C@H]3CO[C@@H](CC(=O)N(C)C)CN3C2)cc1. The maximum absolute atomic E-state index is 12.2. The van der Waals surface area contributed by atoms with Crippen LogP contribution in [0.1, 0.15) is 24.0 Å². The molecule has 1 aromatic rings. The molecular formula is C20H30N4O3. The third-order valence-electron chi connectivity index (χ3n) is 5.30. The summed E-state index contributed by atoms with van der Waals surface area (Å²) >= 11 is 0. The van der Waals surface area contributed by atoms with E-state index in [-0.39, 0.29) is 24.1 Å². The lowest BCUT2D eigenvalue weighted by molar-refractivity contribution is -0.134. The minimum Gasteiger partial charge on any atom is -0.375 e. The maximum atomic E-state index is 12.2. The van der Waals surface area contributed by atoms with Crippen LogP contribution in [0.4, 0.5) is 4.79 Å². The number of aryl methyl sites for hydroxylation is 1. The van der Waals surface area contributed by atoms with Gasteiger partial charge in [-0.2, -0.15) is 0 Å². The van der Waals surface area contributed by atoms with E-state index in [0.29, 0.717) is 25.6 Å².